The summed E-state index contributed by atoms with van der Waals surface area (Å²) in [6.07, 6.45) is 0. The van der Waals surface area contributed by atoms with Crippen molar-refractivity contribution in [2.75, 3.05) is 7.11 Å². The minimum absolute atomic E-state index is 0.148. The van der Waals surface area contributed by atoms with Crippen molar-refractivity contribution < 1.29 is 4.74 Å². The number of hydrogen-bond acceptors (Lipinski definition) is 3. The molecule has 2 N–H and O–H groups in total. The summed E-state index contributed by atoms with van der Waals surface area (Å²) in [5.74, 6) is 0.893. The molecule has 13 heavy (non-hydrogen) atoms. The molecule has 1 aromatic carbocycles. The van der Waals surface area contributed by atoms with Crippen molar-refractivity contribution in [2.24, 2.45) is 5.73 Å². The average Bonchev–Trinajstić information content (AvgIpc) is 2.43. The standard InChI is InChI=1S/C10H13NOS/c1-6-10(11)8-5-7(12-2)3-4-9(8)13-6/h3-6,10H,11H2,1-2H3. The number of ether oxygens (including phenoxy) is 1. The van der Waals surface area contributed by atoms with Gasteiger partial charge in [-0.15, -0.1) is 11.8 Å². The summed E-state index contributed by atoms with van der Waals surface area (Å²) in [5.41, 5.74) is 7.26. The van der Waals surface area contributed by atoms with Crippen LogP contribution in [0, 0.1) is 0 Å². The Hall–Kier alpha value is -0.670. The first-order valence-electron chi connectivity index (χ1n) is 4.32. The molecule has 0 spiro atoms. The monoisotopic (exact) mass is 195 g/mol. The average molecular weight is 195 g/mol. The highest BCUT2D eigenvalue weighted by atomic mass is 32.2. The molecule has 2 nitrogen and oxygen atoms in total. The van der Waals surface area contributed by atoms with Gasteiger partial charge in [-0.1, -0.05) is 6.92 Å². The fraction of sp³-hybridized carbons (Fsp3) is 0.400. The minimum Gasteiger partial charge on any atom is -0.497 e. The lowest BCUT2D eigenvalue weighted by Gasteiger charge is -2.08. The summed E-state index contributed by atoms with van der Waals surface area (Å²) < 4.78 is 5.16. The van der Waals surface area contributed by atoms with Crippen molar-refractivity contribution in [1.29, 1.82) is 0 Å². The van der Waals surface area contributed by atoms with Crippen molar-refractivity contribution in [1.82, 2.24) is 0 Å². The molecule has 0 saturated heterocycles. The van der Waals surface area contributed by atoms with Crippen molar-refractivity contribution >= 4 is 11.8 Å². The molecule has 1 heterocycles. The largest absolute Gasteiger partial charge is 0.497 e. The van der Waals surface area contributed by atoms with Crippen LogP contribution in [-0.2, 0) is 0 Å². The van der Waals surface area contributed by atoms with Crippen molar-refractivity contribution in [3.63, 3.8) is 0 Å². The van der Waals surface area contributed by atoms with Crippen LogP contribution in [0.1, 0.15) is 18.5 Å². The minimum atomic E-state index is 0.148. The van der Waals surface area contributed by atoms with E-state index in [4.69, 9.17) is 10.5 Å². The van der Waals surface area contributed by atoms with Gasteiger partial charge in [0, 0.05) is 16.2 Å². The van der Waals surface area contributed by atoms with Gasteiger partial charge in [-0.25, -0.2) is 0 Å². The third-order valence-corrected chi connectivity index (χ3v) is 3.69. The molecule has 70 valence electrons. The molecule has 2 atom stereocenters. The lowest BCUT2D eigenvalue weighted by atomic mass is 10.1. The maximum atomic E-state index is 6.04. The summed E-state index contributed by atoms with van der Waals surface area (Å²) in [4.78, 5) is 1.29. The first kappa shape index (κ1) is 8.91. The van der Waals surface area contributed by atoms with Gasteiger partial charge in [-0.2, -0.15) is 0 Å². The van der Waals surface area contributed by atoms with Crippen LogP contribution in [0.3, 0.4) is 0 Å². The molecule has 0 bridgehead atoms. The summed E-state index contributed by atoms with van der Waals surface area (Å²) >= 11 is 1.84. The second kappa shape index (κ2) is 3.24. The predicted molar refractivity (Wildman–Crippen MR) is 55.2 cm³/mol. The van der Waals surface area contributed by atoms with Gasteiger partial charge >= 0.3 is 0 Å². The fourth-order valence-corrected chi connectivity index (χ4v) is 2.72. The molecule has 2 rings (SSSR count). The van der Waals surface area contributed by atoms with Crippen LogP contribution in [0.25, 0.3) is 0 Å². The fourth-order valence-electron chi connectivity index (χ4n) is 1.55. The SMILES string of the molecule is COc1ccc2c(c1)C(N)C(C)S2. The molecule has 0 amide bonds. The molecule has 0 aliphatic carbocycles. The predicted octanol–water partition coefficient (Wildman–Crippen LogP) is 2.19. The molecule has 1 aromatic rings. The maximum absolute atomic E-state index is 6.04. The van der Waals surface area contributed by atoms with Crippen LogP contribution in [0.15, 0.2) is 23.1 Å². The van der Waals surface area contributed by atoms with Gasteiger partial charge in [-0.3, -0.25) is 0 Å². The van der Waals surface area contributed by atoms with Gasteiger partial charge in [0.05, 0.1) is 7.11 Å². The third-order valence-electron chi connectivity index (χ3n) is 2.39. The van der Waals surface area contributed by atoms with E-state index in [0.29, 0.717) is 5.25 Å². The van der Waals surface area contributed by atoms with Crippen LogP contribution in [-0.4, -0.2) is 12.4 Å². The summed E-state index contributed by atoms with van der Waals surface area (Å²) in [6.45, 7) is 2.15. The third kappa shape index (κ3) is 1.42. The Morgan fingerprint density at radius 2 is 2.23 bits per heavy atom. The van der Waals surface area contributed by atoms with Crippen molar-refractivity contribution in [3.05, 3.63) is 23.8 Å². The number of benzene rings is 1. The topological polar surface area (TPSA) is 35.2 Å². The number of nitrogens with two attached hydrogens (primary N) is 1. The van der Waals surface area contributed by atoms with Gasteiger partial charge in [0.15, 0.2) is 0 Å². The van der Waals surface area contributed by atoms with Gasteiger partial charge in [0.25, 0.3) is 0 Å². The zero-order valence-electron chi connectivity index (χ0n) is 7.78. The number of fused-ring (bicyclic) bond motifs is 1. The lowest BCUT2D eigenvalue weighted by Crippen LogP contribution is -2.15. The number of rotatable bonds is 1. The van der Waals surface area contributed by atoms with Crippen molar-refractivity contribution in [3.8, 4) is 5.75 Å². The number of methoxy groups -OCH3 is 1. The second-order valence-electron chi connectivity index (χ2n) is 3.25. The lowest BCUT2D eigenvalue weighted by molar-refractivity contribution is 0.413. The van der Waals surface area contributed by atoms with Crippen LogP contribution in [0.2, 0.25) is 0 Å². The highest BCUT2D eigenvalue weighted by molar-refractivity contribution is 8.00. The molecule has 1 aliphatic rings. The highest BCUT2D eigenvalue weighted by Gasteiger charge is 2.27. The first-order chi connectivity index (χ1) is 6.22. The Labute approximate surface area is 82.5 Å². The summed E-state index contributed by atoms with van der Waals surface area (Å²) in [5, 5.41) is 0.474. The normalized spacial score (nSPS) is 25.8. The van der Waals surface area contributed by atoms with Crippen LogP contribution in [0.4, 0.5) is 0 Å². The van der Waals surface area contributed by atoms with Gasteiger partial charge in [0.1, 0.15) is 5.75 Å². The quantitative estimate of drug-likeness (QED) is 0.746. The molecule has 1 aliphatic heterocycles. The highest BCUT2D eigenvalue weighted by Crippen LogP contribution is 2.43. The van der Waals surface area contributed by atoms with Crippen LogP contribution in [0.5, 0.6) is 5.75 Å². The summed E-state index contributed by atoms with van der Waals surface area (Å²) in [6, 6.07) is 6.25. The molecule has 2 unspecified atom stereocenters. The van der Waals surface area contributed by atoms with E-state index in [9.17, 15) is 0 Å². The molecular weight excluding hydrogens is 182 g/mol. The smallest absolute Gasteiger partial charge is 0.119 e. The molecule has 0 aromatic heterocycles. The number of hydrogen-bond donors (Lipinski definition) is 1. The van der Waals surface area contributed by atoms with E-state index in [1.165, 1.54) is 10.5 Å². The van der Waals surface area contributed by atoms with Gasteiger partial charge in [0.2, 0.25) is 0 Å². The zero-order valence-corrected chi connectivity index (χ0v) is 8.60. The Morgan fingerprint density at radius 1 is 1.46 bits per heavy atom. The van der Waals surface area contributed by atoms with Crippen LogP contribution >= 0.6 is 11.8 Å². The van der Waals surface area contributed by atoms with E-state index in [2.05, 4.69) is 13.0 Å². The molecule has 0 saturated carbocycles. The Bertz CT molecular complexity index is 327. The van der Waals surface area contributed by atoms with Crippen LogP contribution < -0.4 is 10.5 Å². The molecular formula is C10H13NOS. The van der Waals surface area contributed by atoms with Gasteiger partial charge < -0.3 is 10.5 Å². The van der Waals surface area contributed by atoms with Crippen molar-refractivity contribution in [2.45, 2.75) is 23.1 Å². The zero-order chi connectivity index (χ0) is 9.42. The number of thioether (sulfide) groups is 1. The Morgan fingerprint density at radius 3 is 2.92 bits per heavy atom. The maximum Gasteiger partial charge on any atom is 0.119 e. The van der Waals surface area contributed by atoms with E-state index in [1.807, 2.05) is 23.9 Å². The summed E-state index contributed by atoms with van der Waals surface area (Å²) in [7, 11) is 1.68. The molecule has 0 fully saturated rings. The Kier molecular flexibility index (Phi) is 2.22. The Balaban J connectivity index is 2.42. The van der Waals surface area contributed by atoms with E-state index in [1.54, 1.807) is 7.11 Å². The van der Waals surface area contributed by atoms with E-state index < -0.39 is 0 Å². The first-order valence-corrected chi connectivity index (χ1v) is 5.20. The second-order valence-corrected chi connectivity index (χ2v) is 4.67. The van der Waals surface area contributed by atoms with E-state index >= 15 is 0 Å². The molecule has 3 heteroatoms. The van der Waals surface area contributed by atoms with E-state index in [0.717, 1.165) is 5.75 Å². The van der Waals surface area contributed by atoms with Gasteiger partial charge in [-0.05, 0) is 23.8 Å². The van der Waals surface area contributed by atoms with E-state index in [-0.39, 0.29) is 6.04 Å². The molecule has 0 radical (unpaired) electrons.